The fraction of sp³-hybridized carbons (Fsp3) is 0.960. The normalized spacial score (nSPS) is 16.9. The lowest BCUT2D eigenvalue weighted by molar-refractivity contribution is -0.665. The second-order valence-corrected chi connectivity index (χ2v) is 9.74. The number of carbonyl (C=O) groups excluding carboxylic acids is 1. The van der Waals surface area contributed by atoms with Gasteiger partial charge in [-0.3, -0.25) is 4.79 Å². The quantitative estimate of drug-likeness (QED) is 0.256. The van der Waals surface area contributed by atoms with Crippen LogP contribution in [0.15, 0.2) is 0 Å². The molecule has 28 heavy (non-hydrogen) atoms. The van der Waals surface area contributed by atoms with Crippen LogP contribution in [0.1, 0.15) is 124 Å². The van der Waals surface area contributed by atoms with Crippen LogP contribution in [0.4, 0.5) is 0 Å². The highest BCUT2D eigenvalue weighted by molar-refractivity contribution is 5.72. The van der Waals surface area contributed by atoms with Crippen molar-refractivity contribution in [3.8, 4) is 0 Å². The van der Waals surface area contributed by atoms with Gasteiger partial charge in [0.05, 0.1) is 19.0 Å². The van der Waals surface area contributed by atoms with E-state index in [1.165, 1.54) is 83.7 Å². The molecule has 2 N–H and O–H groups in total. The maximum Gasteiger partial charge on any atom is 0.309 e. The Balaban J connectivity index is 2.00. The third kappa shape index (κ3) is 11.4. The zero-order valence-corrected chi connectivity index (χ0v) is 19.6. The van der Waals surface area contributed by atoms with Crippen LogP contribution in [0.2, 0.25) is 0 Å². The monoisotopic (exact) mass is 396 g/mol. The third-order valence-corrected chi connectivity index (χ3v) is 6.68. The summed E-state index contributed by atoms with van der Waals surface area (Å²) >= 11 is 0. The molecule has 0 bridgehead atoms. The molecule has 1 atom stereocenters. The molecule has 0 radical (unpaired) electrons. The summed E-state index contributed by atoms with van der Waals surface area (Å²) in [5, 5.41) is 2.37. The lowest BCUT2D eigenvalue weighted by Gasteiger charge is -2.36. The lowest BCUT2D eigenvalue weighted by Crippen LogP contribution is -2.86. The SMILES string of the molecule is CCCCCCCCCCCCCCC(C)C(=O)OC(C)(C)C1CC[NH2+]CC1. The summed E-state index contributed by atoms with van der Waals surface area (Å²) in [6.45, 7) is 10.9. The molecule has 1 fully saturated rings. The van der Waals surface area contributed by atoms with E-state index in [1.807, 2.05) is 6.92 Å². The summed E-state index contributed by atoms with van der Waals surface area (Å²) in [5.41, 5.74) is -0.309. The molecule has 0 aliphatic carbocycles. The topological polar surface area (TPSA) is 42.9 Å². The number of hydrogen-bond donors (Lipinski definition) is 1. The molecule has 1 saturated heterocycles. The van der Waals surface area contributed by atoms with Gasteiger partial charge in [-0.05, 0) is 20.3 Å². The number of unbranched alkanes of at least 4 members (excludes halogenated alkanes) is 11. The fourth-order valence-electron chi connectivity index (χ4n) is 4.47. The van der Waals surface area contributed by atoms with Gasteiger partial charge >= 0.3 is 5.97 Å². The van der Waals surface area contributed by atoms with E-state index >= 15 is 0 Å². The minimum absolute atomic E-state index is 0.0163. The third-order valence-electron chi connectivity index (χ3n) is 6.68. The van der Waals surface area contributed by atoms with Gasteiger partial charge in [0.1, 0.15) is 5.60 Å². The minimum Gasteiger partial charge on any atom is -0.459 e. The van der Waals surface area contributed by atoms with Crippen molar-refractivity contribution in [1.29, 1.82) is 0 Å². The molecule has 166 valence electrons. The predicted octanol–water partition coefficient (Wildman–Crippen LogP) is 6.01. The van der Waals surface area contributed by atoms with Gasteiger partial charge < -0.3 is 10.1 Å². The van der Waals surface area contributed by atoms with E-state index in [-0.39, 0.29) is 17.5 Å². The Labute approximate surface area is 175 Å². The Morgan fingerprint density at radius 3 is 1.86 bits per heavy atom. The molecule has 0 aromatic rings. The summed E-state index contributed by atoms with van der Waals surface area (Å²) in [4.78, 5) is 12.5. The van der Waals surface area contributed by atoms with E-state index in [9.17, 15) is 4.79 Å². The number of carbonyl (C=O) groups is 1. The molecular weight excluding hydrogens is 346 g/mol. The van der Waals surface area contributed by atoms with Gasteiger partial charge in [0.25, 0.3) is 0 Å². The Kier molecular flexibility index (Phi) is 13.9. The zero-order chi connectivity index (χ0) is 20.7. The molecule has 1 unspecified atom stereocenters. The first-order chi connectivity index (χ1) is 13.5. The molecule has 0 spiro atoms. The maximum absolute atomic E-state index is 12.5. The van der Waals surface area contributed by atoms with Crippen molar-refractivity contribution in [3.63, 3.8) is 0 Å². The van der Waals surface area contributed by atoms with Crippen molar-refractivity contribution in [2.24, 2.45) is 11.8 Å². The molecule has 3 heteroatoms. The molecule has 1 rings (SSSR count). The van der Waals surface area contributed by atoms with Crippen LogP contribution < -0.4 is 5.32 Å². The van der Waals surface area contributed by atoms with Gasteiger partial charge in [-0.15, -0.1) is 0 Å². The first-order valence-electron chi connectivity index (χ1n) is 12.5. The first kappa shape index (κ1) is 25.5. The highest BCUT2D eigenvalue weighted by Gasteiger charge is 2.36. The van der Waals surface area contributed by atoms with E-state index in [2.05, 4.69) is 26.1 Å². The van der Waals surface area contributed by atoms with Crippen LogP contribution in [-0.2, 0) is 9.53 Å². The summed E-state index contributed by atoms with van der Waals surface area (Å²) in [6, 6.07) is 0. The zero-order valence-electron chi connectivity index (χ0n) is 19.6. The molecule has 0 aromatic heterocycles. The predicted molar refractivity (Wildman–Crippen MR) is 119 cm³/mol. The number of nitrogens with two attached hydrogens (primary N) is 1. The lowest BCUT2D eigenvalue weighted by atomic mass is 9.83. The summed E-state index contributed by atoms with van der Waals surface area (Å²) < 4.78 is 5.94. The smallest absolute Gasteiger partial charge is 0.309 e. The van der Waals surface area contributed by atoms with Crippen molar-refractivity contribution < 1.29 is 14.8 Å². The van der Waals surface area contributed by atoms with Crippen molar-refractivity contribution in [2.75, 3.05) is 13.1 Å². The second-order valence-electron chi connectivity index (χ2n) is 9.74. The Bertz CT molecular complexity index is 388. The largest absolute Gasteiger partial charge is 0.459 e. The molecule has 1 heterocycles. The van der Waals surface area contributed by atoms with E-state index in [4.69, 9.17) is 4.74 Å². The number of quaternary nitrogens is 1. The van der Waals surface area contributed by atoms with Crippen LogP contribution >= 0.6 is 0 Å². The minimum atomic E-state index is -0.309. The number of ether oxygens (including phenoxy) is 1. The number of piperidine rings is 1. The molecule has 0 aromatic carbocycles. The highest BCUT2D eigenvalue weighted by atomic mass is 16.6. The van der Waals surface area contributed by atoms with Gasteiger partial charge in [0.2, 0.25) is 0 Å². The molecule has 1 aliphatic rings. The number of rotatable bonds is 16. The van der Waals surface area contributed by atoms with Gasteiger partial charge in [0, 0.05) is 18.8 Å². The van der Waals surface area contributed by atoms with Gasteiger partial charge in [0.15, 0.2) is 0 Å². The second kappa shape index (κ2) is 15.3. The number of hydrogen-bond acceptors (Lipinski definition) is 2. The van der Waals surface area contributed by atoms with Gasteiger partial charge in [-0.1, -0.05) is 90.9 Å². The van der Waals surface area contributed by atoms with Crippen LogP contribution in [-0.4, -0.2) is 24.7 Å². The Morgan fingerprint density at radius 2 is 1.36 bits per heavy atom. The van der Waals surface area contributed by atoms with E-state index in [0.717, 1.165) is 25.7 Å². The average Bonchev–Trinajstić information content (AvgIpc) is 2.69. The summed E-state index contributed by atoms with van der Waals surface area (Å²) in [6.07, 6.45) is 19.6. The van der Waals surface area contributed by atoms with Gasteiger partial charge in [-0.2, -0.15) is 0 Å². The molecule has 0 saturated carbocycles. The van der Waals surface area contributed by atoms with Crippen molar-refractivity contribution in [2.45, 2.75) is 130 Å². The van der Waals surface area contributed by atoms with Crippen LogP contribution in [0.25, 0.3) is 0 Å². The average molecular weight is 397 g/mol. The Hall–Kier alpha value is -0.570. The molecule has 0 amide bonds. The fourth-order valence-corrected chi connectivity index (χ4v) is 4.47. The standard InChI is InChI=1S/C25H49NO2/c1-5-6-7-8-9-10-11-12-13-14-15-16-17-22(2)24(27)28-25(3,4)23-18-20-26-21-19-23/h22-23,26H,5-21H2,1-4H3/p+1. The van der Waals surface area contributed by atoms with E-state index in [1.54, 1.807) is 0 Å². The van der Waals surface area contributed by atoms with Crippen molar-refractivity contribution in [1.82, 2.24) is 0 Å². The molecule has 1 aliphatic heterocycles. The molecular formula is C25H50NO2+. The van der Waals surface area contributed by atoms with Crippen LogP contribution in [0, 0.1) is 11.8 Å². The number of esters is 1. The van der Waals surface area contributed by atoms with E-state index < -0.39 is 0 Å². The van der Waals surface area contributed by atoms with Crippen LogP contribution in [0.5, 0.6) is 0 Å². The highest BCUT2D eigenvalue weighted by Crippen LogP contribution is 2.29. The summed E-state index contributed by atoms with van der Waals surface area (Å²) in [7, 11) is 0. The first-order valence-corrected chi connectivity index (χ1v) is 12.5. The summed E-state index contributed by atoms with van der Waals surface area (Å²) in [5.74, 6) is 0.570. The molecule has 3 nitrogen and oxygen atoms in total. The maximum atomic E-state index is 12.5. The Morgan fingerprint density at radius 1 is 0.893 bits per heavy atom. The van der Waals surface area contributed by atoms with E-state index in [0.29, 0.717) is 5.92 Å². The van der Waals surface area contributed by atoms with Gasteiger partial charge in [-0.25, -0.2) is 0 Å². The van der Waals surface area contributed by atoms with Crippen molar-refractivity contribution in [3.05, 3.63) is 0 Å². The van der Waals surface area contributed by atoms with Crippen molar-refractivity contribution >= 4 is 5.97 Å². The van der Waals surface area contributed by atoms with Crippen LogP contribution in [0.3, 0.4) is 0 Å².